The molecule has 0 spiro atoms. The third-order valence-corrected chi connectivity index (χ3v) is 3.04. The van der Waals surface area contributed by atoms with E-state index in [1.54, 1.807) is 0 Å². The minimum Gasteiger partial charge on any atom is -0.475 e. The van der Waals surface area contributed by atoms with Gasteiger partial charge in [-0.05, 0) is 18.4 Å². The predicted molar refractivity (Wildman–Crippen MR) is 69.2 cm³/mol. The fourth-order valence-electron chi connectivity index (χ4n) is 2.18. The second-order valence-corrected chi connectivity index (χ2v) is 4.39. The van der Waals surface area contributed by atoms with E-state index < -0.39 is 0 Å². The molecule has 0 fully saturated rings. The largest absolute Gasteiger partial charge is 0.475 e. The fourth-order valence-corrected chi connectivity index (χ4v) is 2.18. The molecule has 0 saturated carbocycles. The maximum Gasteiger partial charge on any atom is 0.216 e. The Morgan fingerprint density at radius 3 is 2.88 bits per heavy atom. The highest BCUT2D eigenvalue weighted by Gasteiger charge is 2.21. The van der Waals surface area contributed by atoms with Gasteiger partial charge in [-0.15, -0.1) is 0 Å². The van der Waals surface area contributed by atoms with Crippen molar-refractivity contribution in [1.29, 1.82) is 0 Å². The van der Waals surface area contributed by atoms with Crippen LogP contribution in [0.2, 0.25) is 0 Å². The molecule has 2 nitrogen and oxygen atoms in total. The Morgan fingerprint density at radius 1 is 1.24 bits per heavy atom. The molecule has 1 heterocycles. The number of allylic oxidation sites excluding steroid dienone is 2. The molecular formula is C15H15NO. The minimum atomic E-state index is 0.266. The zero-order valence-corrected chi connectivity index (χ0v) is 9.67. The van der Waals surface area contributed by atoms with Crippen LogP contribution in [0, 0.1) is 0 Å². The van der Waals surface area contributed by atoms with Gasteiger partial charge in [-0.2, -0.15) is 0 Å². The van der Waals surface area contributed by atoms with E-state index in [2.05, 4.69) is 47.5 Å². The Hall–Kier alpha value is -1.83. The van der Waals surface area contributed by atoms with Crippen molar-refractivity contribution in [2.24, 2.45) is 4.99 Å². The van der Waals surface area contributed by atoms with Gasteiger partial charge in [0.25, 0.3) is 0 Å². The van der Waals surface area contributed by atoms with Crippen molar-refractivity contribution < 1.29 is 4.74 Å². The Bertz CT molecular complexity index is 485. The van der Waals surface area contributed by atoms with Crippen molar-refractivity contribution in [2.45, 2.75) is 18.9 Å². The molecule has 0 saturated heterocycles. The van der Waals surface area contributed by atoms with E-state index >= 15 is 0 Å². The molecular weight excluding hydrogens is 210 g/mol. The van der Waals surface area contributed by atoms with Gasteiger partial charge in [-0.3, -0.25) is 0 Å². The molecule has 1 aliphatic carbocycles. The average molecular weight is 225 g/mol. The van der Waals surface area contributed by atoms with E-state index in [0.29, 0.717) is 6.61 Å². The second kappa shape index (κ2) is 4.58. The third-order valence-electron chi connectivity index (χ3n) is 3.04. The van der Waals surface area contributed by atoms with Crippen LogP contribution in [0.3, 0.4) is 0 Å². The first kappa shape index (κ1) is 10.3. The summed E-state index contributed by atoms with van der Waals surface area (Å²) in [5.74, 6) is 0.819. The summed E-state index contributed by atoms with van der Waals surface area (Å²) in [6.45, 7) is 0.704. The SMILES string of the molecule is C1=CC(C2=N[C@@H](Cc3ccccc3)CO2)=CC1. The molecule has 1 aliphatic heterocycles. The first-order valence-corrected chi connectivity index (χ1v) is 6.03. The van der Waals surface area contributed by atoms with Gasteiger partial charge in [0.05, 0.1) is 6.04 Å². The predicted octanol–water partition coefficient (Wildman–Crippen LogP) is 2.91. The number of aliphatic imine (C=N–C) groups is 1. The van der Waals surface area contributed by atoms with Gasteiger partial charge in [0.15, 0.2) is 0 Å². The molecule has 2 aliphatic rings. The summed E-state index contributed by atoms with van der Waals surface area (Å²) in [6.07, 6.45) is 8.33. The molecule has 0 N–H and O–H groups in total. The quantitative estimate of drug-likeness (QED) is 0.775. The molecule has 0 aromatic heterocycles. The van der Waals surface area contributed by atoms with Crippen molar-refractivity contribution in [1.82, 2.24) is 0 Å². The van der Waals surface area contributed by atoms with Crippen molar-refractivity contribution in [3.63, 3.8) is 0 Å². The highest BCUT2D eigenvalue weighted by molar-refractivity contribution is 5.97. The van der Waals surface area contributed by atoms with Crippen molar-refractivity contribution in [2.75, 3.05) is 6.61 Å². The highest BCUT2D eigenvalue weighted by Crippen LogP contribution is 2.19. The van der Waals surface area contributed by atoms with Gasteiger partial charge < -0.3 is 4.74 Å². The third kappa shape index (κ3) is 2.31. The molecule has 1 aromatic rings. The number of hydrogen-bond acceptors (Lipinski definition) is 2. The fraction of sp³-hybridized carbons (Fsp3) is 0.267. The summed E-state index contributed by atoms with van der Waals surface area (Å²) in [5.41, 5.74) is 2.46. The van der Waals surface area contributed by atoms with Gasteiger partial charge in [-0.1, -0.05) is 48.6 Å². The van der Waals surface area contributed by atoms with Gasteiger partial charge in [0, 0.05) is 5.57 Å². The monoisotopic (exact) mass is 225 g/mol. The standard InChI is InChI=1S/C15H15NO/c1-2-6-12(7-3-1)10-14-11-17-15(16-14)13-8-4-5-9-13/h1-4,6-9,14H,5,10-11H2/t14-/m0/s1. The first-order valence-electron chi connectivity index (χ1n) is 6.03. The van der Waals surface area contributed by atoms with Crippen molar-refractivity contribution in [3.8, 4) is 0 Å². The van der Waals surface area contributed by atoms with Gasteiger partial charge >= 0.3 is 0 Å². The van der Waals surface area contributed by atoms with Crippen LogP contribution in [-0.2, 0) is 11.2 Å². The molecule has 0 unspecified atom stereocenters. The summed E-state index contributed by atoms with van der Waals surface area (Å²) in [5, 5.41) is 0. The minimum absolute atomic E-state index is 0.266. The smallest absolute Gasteiger partial charge is 0.216 e. The number of rotatable bonds is 3. The average Bonchev–Trinajstić information content (AvgIpc) is 3.00. The Labute approximate surface area is 101 Å². The summed E-state index contributed by atoms with van der Waals surface area (Å²) >= 11 is 0. The zero-order valence-electron chi connectivity index (χ0n) is 9.67. The highest BCUT2D eigenvalue weighted by atomic mass is 16.5. The maximum atomic E-state index is 5.65. The molecule has 0 amide bonds. The lowest BCUT2D eigenvalue weighted by atomic mass is 10.1. The van der Waals surface area contributed by atoms with E-state index in [1.165, 1.54) is 5.56 Å². The van der Waals surface area contributed by atoms with E-state index in [-0.39, 0.29) is 6.04 Å². The van der Waals surface area contributed by atoms with Crippen LogP contribution in [0.1, 0.15) is 12.0 Å². The molecule has 2 heteroatoms. The topological polar surface area (TPSA) is 21.6 Å². The normalized spacial score (nSPS) is 22.2. The van der Waals surface area contributed by atoms with E-state index in [1.807, 2.05) is 6.07 Å². The number of ether oxygens (including phenoxy) is 1. The molecule has 0 radical (unpaired) electrons. The molecule has 86 valence electrons. The molecule has 0 bridgehead atoms. The van der Waals surface area contributed by atoms with E-state index in [0.717, 1.165) is 24.3 Å². The van der Waals surface area contributed by atoms with Crippen LogP contribution < -0.4 is 0 Å². The van der Waals surface area contributed by atoms with Crippen LogP contribution in [-0.4, -0.2) is 18.5 Å². The second-order valence-electron chi connectivity index (χ2n) is 4.39. The van der Waals surface area contributed by atoms with E-state index in [4.69, 9.17) is 4.74 Å². The van der Waals surface area contributed by atoms with E-state index in [9.17, 15) is 0 Å². The van der Waals surface area contributed by atoms with Crippen LogP contribution in [0.25, 0.3) is 0 Å². The Kier molecular flexibility index (Phi) is 2.78. The van der Waals surface area contributed by atoms with Crippen LogP contribution in [0.15, 0.2) is 59.1 Å². The van der Waals surface area contributed by atoms with Crippen molar-refractivity contribution >= 4 is 5.90 Å². The number of hydrogen-bond donors (Lipinski definition) is 0. The molecule has 1 atom stereocenters. The van der Waals surface area contributed by atoms with Gasteiger partial charge in [0.2, 0.25) is 5.90 Å². The summed E-state index contributed by atoms with van der Waals surface area (Å²) < 4.78 is 5.65. The van der Waals surface area contributed by atoms with Gasteiger partial charge in [-0.25, -0.2) is 4.99 Å². The summed E-state index contributed by atoms with van der Waals surface area (Å²) in [4.78, 5) is 4.64. The summed E-state index contributed by atoms with van der Waals surface area (Å²) in [7, 11) is 0. The van der Waals surface area contributed by atoms with Crippen LogP contribution in [0.5, 0.6) is 0 Å². The molecule has 1 aromatic carbocycles. The molecule has 3 rings (SSSR count). The van der Waals surface area contributed by atoms with Crippen LogP contribution >= 0.6 is 0 Å². The first-order chi connectivity index (χ1) is 8.42. The van der Waals surface area contributed by atoms with Crippen molar-refractivity contribution in [3.05, 3.63) is 59.7 Å². The lowest BCUT2D eigenvalue weighted by Crippen LogP contribution is -2.09. The van der Waals surface area contributed by atoms with Gasteiger partial charge in [0.1, 0.15) is 6.61 Å². The lowest BCUT2D eigenvalue weighted by molar-refractivity contribution is 0.317. The van der Waals surface area contributed by atoms with Crippen LogP contribution in [0.4, 0.5) is 0 Å². The number of benzene rings is 1. The zero-order chi connectivity index (χ0) is 11.5. The number of nitrogens with zero attached hydrogens (tertiary/aromatic N) is 1. The summed E-state index contributed by atoms with van der Waals surface area (Å²) in [6, 6.07) is 10.7. The Morgan fingerprint density at radius 2 is 2.12 bits per heavy atom. The molecule has 17 heavy (non-hydrogen) atoms. The maximum absolute atomic E-state index is 5.65. The lowest BCUT2D eigenvalue weighted by Gasteiger charge is -2.03. The Balaban J connectivity index is 1.69.